The van der Waals surface area contributed by atoms with E-state index in [1.807, 2.05) is 18.2 Å². The van der Waals surface area contributed by atoms with Crippen molar-refractivity contribution in [1.82, 2.24) is 4.98 Å². The maximum atomic E-state index is 12.7. The number of benzene rings is 2. The molecule has 0 aliphatic rings. The number of anilines is 2. The number of carbonyl (C=O) groups is 2. The molecule has 12 heteroatoms. The fourth-order valence-electron chi connectivity index (χ4n) is 3.06. The number of para-hydroxylation sites is 1. The van der Waals surface area contributed by atoms with E-state index in [0.29, 0.717) is 23.6 Å². The molecule has 0 unspecified atom stereocenters. The van der Waals surface area contributed by atoms with E-state index in [2.05, 4.69) is 15.0 Å². The fraction of sp³-hybridized carbons (Fsp3) is 0.261. The maximum Gasteiger partial charge on any atom is 0.303 e. The number of carboxylic acids is 1. The second-order valence-electron chi connectivity index (χ2n) is 7.40. The zero-order valence-electron chi connectivity index (χ0n) is 19.1. The van der Waals surface area contributed by atoms with Gasteiger partial charge in [-0.1, -0.05) is 29.5 Å². The Balaban J connectivity index is 1.52. The number of hydrogen-bond acceptors (Lipinski definition) is 8. The van der Waals surface area contributed by atoms with E-state index in [9.17, 15) is 18.0 Å². The molecule has 1 heterocycles. The quantitative estimate of drug-likeness (QED) is 0.307. The number of aromatic nitrogens is 1. The molecule has 0 saturated heterocycles. The van der Waals surface area contributed by atoms with E-state index < -0.39 is 16.0 Å². The molecule has 10 nitrogen and oxygen atoms in total. The molecule has 2 aromatic carbocycles. The molecule has 1 aromatic heterocycles. The molecule has 0 aliphatic carbocycles. The van der Waals surface area contributed by atoms with Crippen molar-refractivity contribution < 1.29 is 32.6 Å². The van der Waals surface area contributed by atoms with Gasteiger partial charge >= 0.3 is 5.97 Å². The van der Waals surface area contributed by atoms with Gasteiger partial charge in [-0.15, -0.1) is 0 Å². The van der Waals surface area contributed by atoms with Crippen molar-refractivity contribution >= 4 is 44.1 Å². The summed E-state index contributed by atoms with van der Waals surface area (Å²) in [5.74, 6) is -0.0652. The predicted molar refractivity (Wildman–Crippen MR) is 132 cm³/mol. The molecule has 3 rings (SSSR count). The van der Waals surface area contributed by atoms with Crippen LogP contribution < -0.4 is 19.5 Å². The summed E-state index contributed by atoms with van der Waals surface area (Å²) in [6.07, 6.45) is 0.394. The van der Waals surface area contributed by atoms with Gasteiger partial charge in [0.25, 0.3) is 10.0 Å². The summed E-state index contributed by atoms with van der Waals surface area (Å²) in [7, 11) is -3.88. The summed E-state index contributed by atoms with van der Waals surface area (Å²) in [5, 5.41) is 11.6. The number of thiazole rings is 1. The van der Waals surface area contributed by atoms with Gasteiger partial charge in [-0.25, -0.2) is 13.4 Å². The molecule has 0 fully saturated rings. The van der Waals surface area contributed by atoms with Gasteiger partial charge in [-0.05, 0) is 49.2 Å². The molecule has 0 atom stereocenters. The van der Waals surface area contributed by atoms with Gasteiger partial charge in [-0.2, -0.15) is 0 Å². The summed E-state index contributed by atoms with van der Waals surface area (Å²) in [6, 6.07) is 13.6. The molecule has 3 N–H and O–H groups in total. The molecule has 35 heavy (non-hydrogen) atoms. The molecular formula is C23H25N3O7S2. The van der Waals surface area contributed by atoms with Crippen LogP contribution in [0.4, 0.5) is 10.8 Å². The van der Waals surface area contributed by atoms with Crippen LogP contribution in [-0.2, 0) is 26.0 Å². The highest BCUT2D eigenvalue weighted by Crippen LogP contribution is 2.29. The van der Waals surface area contributed by atoms with Gasteiger partial charge in [0.2, 0.25) is 5.91 Å². The highest BCUT2D eigenvalue weighted by atomic mass is 32.2. The molecule has 0 saturated carbocycles. The summed E-state index contributed by atoms with van der Waals surface area (Å²) < 4.78 is 39.3. The van der Waals surface area contributed by atoms with Crippen molar-refractivity contribution in [3.63, 3.8) is 0 Å². The van der Waals surface area contributed by atoms with Crippen LogP contribution in [0.5, 0.6) is 11.5 Å². The Bertz CT molecular complexity index is 1290. The van der Waals surface area contributed by atoms with Gasteiger partial charge in [-0.3, -0.25) is 14.3 Å². The van der Waals surface area contributed by atoms with Crippen LogP contribution in [0.1, 0.15) is 24.6 Å². The van der Waals surface area contributed by atoms with Crippen LogP contribution in [0, 0.1) is 6.92 Å². The first-order valence-corrected chi connectivity index (χ1v) is 12.9. The zero-order valence-corrected chi connectivity index (χ0v) is 20.7. The number of ether oxygens (including phenoxy) is 2. The summed E-state index contributed by atoms with van der Waals surface area (Å²) in [6.45, 7) is 3.37. The standard InChI is InChI=1S/C23H25N3O7S2/c1-15-22(34-23(24-15)25-16(2)27)35(30,31)26-18-8-10-19(11-9-18)32-13-14-33-20-6-4-3-5-17(20)7-12-21(28)29/h3-6,8-11,26H,7,12-14H2,1-2H3,(H,28,29)(H,24,25,27). The van der Waals surface area contributed by atoms with E-state index in [1.165, 1.54) is 6.92 Å². The average molecular weight is 520 g/mol. The van der Waals surface area contributed by atoms with Crippen molar-refractivity contribution in [2.24, 2.45) is 0 Å². The number of nitrogens with zero attached hydrogens (tertiary/aromatic N) is 1. The van der Waals surface area contributed by atoms with Crippen LogP contribution >= 0.6 is 11.3 Å². The van der Waals surface area contributed by atoms with Crippen molar-refractivity contribution in [2.75, 3.05) is 23.3 Å². The lowest BCUT2D eigenvalue weighted by atomic mass is 10.1. The van der Waals surface area contributed by atoms with Gasteiger partial charge in [0, 0.05) is 19.0 Å². The van der Waals surface area contributed by atoms with Crippen LogP contribution in [0.25, 0.3) is 0 Å². The SMILES string of the molecule is CC(=O)Nc1nc(C)c(S(=O)(=O)Nc2ccc(OCCOc3ccccc3CCC(=O)O)cc2)s1. The lowest BCUT2D eigenvalue weighted by molar-refractivity contribution is -0.137. The molecule has 3 aromatic rings. The first kappa shape index (κ1) is 26.0. The highest BCUT2D eigenvalue weighted by molar-refractivity contribution is 7.94. The third kappa shape index (κ3) is 7.69. The Morgan fingerprint density at radius 1 is 1.06 bits per heavy atom. The van der Waals surface area contributed by atoms with Crippen molar-refractivity contribution in [3.8, 4) is 11.5 Å². The number of amides is 1. The number of sulfonamides is 1. The predicted octanol–water partition coefficient (Wildman–Crippen LogP) is 3.69. The topological polar surface area (TPSA) is 144 Å². The molecular weight excluding hydrogens is 494 g/mol. The van der Waals surface area contributed by atoms with Crippen molar-refractivity contribution in [3.05, 3.63) is 59.8 Å². The number of carboxylic acid groups (broad SMARTS) is 1. The number of aryl methyl sites for hydroxylation is 2. The highest BCUT2D eigenvalue weighted by Gasteiger charge is 2.22. The molecule has 0 spiro atoms. The smallest absolute Gasteiger partial charge is 0.303 e. The lowest BCUT2D eigenvalue weighted by Gasteiger charge is -2.12. The van der Waals surface area contributed by atoms with E-state index >= 15 is 0 Å². The molecule has 1 amide bonds. The first-order valence-electron chi connectivity index (χ1n) is 10.6. The number of rotatable bonds is 12. The van der Waals surface area contributed by atoms with E-state index in [-0.39, 0.29) is 40.6 Å². The normalized spacial score (nSPS) is 11.0. The Morgan fingerprint density at radius 2 is 1.74 bits per heavy atom. The number of nitrogens with one attached hydrogen (secondary N) is 2. The van der Waals surface area contributed by atoms with Crippen LogP contribution in [0.15, 0.2) is 52.7 Å². The first-order chi connectivity index (χ1) is 16.6. The largest absolute Gasteiger partial charge is 0.490 e. The molecule has 0 radical (unpaired) electrons. The second kappa shape index (κ2) is 11.7. The van der Waals surface area contributed by atoms with Gasteiger partial charge in [0.1, 0.15) is 24.7 Å². The fourth-order valence-corrected chi connectivity index (χ4v) is 5.58. The Morgan fingerprint density at radius 3 is 2.43 bits per heavy atom. The molecule has 186 valence electrons. The minimum atomic E-state index is -3.88. The van der Waals surface area contributed by atoms with Gasteiger partial charge < -0.3 is 19.9 Å². The third-order valence-electron chi connectivity index (χ3n) is 4.58. The number of carbonyl (C=O) groups excluding carboxylic acids is 1. The number of hydrogen-bond donors (Lipinski definition) is 3. The second-order valence-corrected chi connectivity index (χ2v) is 10.3. The minimum Gasteiger partial charge on any atom is -0.490 e. The third-order valence-corrected chi connectivity index (χ3v) is 7.64. The molecule has 0 aliphatic heterocycles. The Labute approximate surface area is 207 Å². The lowest BCUT2D eigenvalue weighted by Crippen LogP contribution is -2.13. The number of aliphatic carboxylic acids is 1. The van der Waals surface area contributed by atoms with E-state index in [1.54, 1.807) is 37.3 Å². The average Bonchev–Trinajstić information content (AvgIpc) is 3.17. The summed E-state index contributed by atoms with van der Waals surface area (Å²) in [4.78, 5) is 26.1. The van der Waals surface area contributed by atoms with Gasteiger partial charge in [0.05, 0.1) is 5.69 Å². The monoisotopic (exact) mass is 519 g/mol. The van der Waals surface area contributed by atoms with Gasteiger partial charge in [0.15, 0.2) is 9.34 Å². The molecule has 0 bridgehead atoms. The minimum absolute atomic E-state index is 0.0161. The van der Waals surface area contributed by atoms with Crippen LogP contribution in [-0.4, -0.2) is 43.6 Å². The maximum absolute atomic E-state index is 12.7. The Hall–Kier alpha value is -3.64. The van der Waals surface area contributed by atoms with Crippen molar-refractivity contribution in [2.45, 2.75) is 30.9 Å². The van der Waals surface area contributed by atoms with Crippen LogP contribution in [0.3, 0.4) is 0 Å². The Kier molecular flexibility index (Phi) is 8.66. The summed E-state index contributed by atoms with van der Waals surface area (Å²) in [5.41, 5.74) is 1.44. The van der Waals surface area contributed by atoms with Crippen LogP contribution in [0.2, 0.25) is 0 Å². The zero-order chi connectivity index (χ0) is 25.4. The van der Waals surface area contributed by atoms with Crippen molar-refractivity contribution in [1.29, 1.82) is 0 Å². The van der Waals surface area contributed by atoms with E-state index in [0.717, 1.165) is 16.9 Å². The summed E-state index contributed by atoms with van der Waals surface area (Å²) >= 11 is 0.873. The van der Waals surface area contributed by atoms with E-state index in [4.69, 9.17) is 14.6 Å².